The zero-order valence-electron chi connectivity index (χ0n) is 9.65. The van der Waals surface area contributed by atoms with Gasteiger partial charge in [-0.25, -0.2) is 4.98 Å². The smallest absolute Gasteiger partial charge is 0.191 e. The minimum absolute atomic E-state index is 0.572. The van der Waals surface area contributed by atoms with Crippen LogP contribution in [0.2, 0.25) is 0 Å². The van der Waals surface area contributed by atoms with E-state index in [1.807, 2.05) is 12.1 Å². The van der Waals surface area contributed by atoms with Gasteiger partial charge in [-0.3, -0.25) is 5.10 Å². The number of nitrogen functional groups attached to an aromatic ring is 1. The first-order chi connectivity index (χ1) is 8.33. The lowest BCUT2D eigenvalue weighted by molar-refractivity contribution is 0.429. The van der Waals surface area contributed by atoms with E-state index in [-0.39, 0.29) is 0 Å². The molecular weight excluding hydrogens is 232 g/mol. The molecule has 0 saturated heterocycles. The third kappa shape index (κ3) is 2.20. The SMILES string of the molecule is Nc1ccc(-c2n[nH]c(C3CCCCC3)n2)s1. The van der Waals surface area contributed by atoms with E-state index in [1.54, 1.807) is 0 Å². The van der Waals surface area contributed by atoms with Crippen LogP contribution in [0.3, 0.4) is 0 Å². The van der Waals surface area contributed by atoms with Gasteiger partial charge in [0.1, 0.15) is 5.82 Å². The van der Waals surface area contributed by atoms with Crippen molar-refractivity contribution >= 4 is 16.3 Å². The minimum Gasteiger partial charge on any atom is -0.391 e. The van der Waals surface area contributed by atoms with E-state index < -0.39 is 0 Å². The normalized spacial score (nSPS) is 17.4. The highest BCUT2D eigenvalue weighted by Crippen LogP contribution is 2.32. The summed E-state index contributed by atoms with van der Waals surface area (Å²) in [6.45, 7) is 0. The Kier molecular flexibility index (Phi) is 2.84. The van der Waals surface area contributed by atoms with Crippen LogP contribution in [-0.4, -0.2) is 15.2 Å². The van der Waals surface area contributed by atoms with Crippen LogP contribution < -0.4 is 5.73 Å². The van der Waals surface area contributed by atoms with Crippen LogP contribution in [0.1, 0.15) is 43.8 Å². The molecule has 5 heteroatoms. The lowest BCUT2D eigenvalue weighted by Crippen LogP contribution is -2.06. The van der Waals surface area contributed by atoms with Crippen molar-refractivity contribution in [3.8, 4) is 10.7 Å². The molecule has 1 fully saturated rings. The average Bonchev–Trinajstić information content (AvgIpc) is 2.98. The van der Waals surface area contributed by atoms with Gasteiger partial charge in [-0.15, -0.1) is 11.3 Å². The Morgan fingerprint density at radius 1 is 1.24 bits per heavy atom. The molecule has 0 unspecified atom stereocenters. The number of aromatic nitrogens is 3. The number of hydrogen-bond acceptors (Lipinski definition) is 4. The first-order valence-electron chi connectivity index (χ1n) is 6.11. The highest BCUT2D eigenvalue weighted by atomic mass is 32.1. The zero-order valence-corrected chi connectivity index (χ0v) is 10.5. The van der Waals surface area contributed by atoms with Gasteiger partial charge in [0, 0.05) is 5.92 Å². The summed E-state index contributed by atoms with van der Waals surface area (Å²) < 4.78 is 0. The van der Waals surface area contributed by atoms with E-state index in [4.69, 9.17) is 5.73 Å². The monoisotopic (exact) mass is 248 g/mol. The lowest BCUT2D eigenvalue weighted by atomic mass is 9.89. The fourth-order valence-corrected chi connectivity index (χ4v) is 3.12. The Morgan fingerprint density at radius 2 is 2.06 bits per heavy atom. The Labute approximate surface area is 104 Å². The zero-order chi connectivity index (χ0) is 11.7. The molecule has 0 aromatic carbocycles. The van der Waals surface area contributed by atoms with Crippen LogP contribution in [0.15, 0.2) is 12.1 Å². The maximum atomic E-state index is 5.72. The molecule has 90 valence electrons. The molecule has 0 aliphatic heterocycles. The van der Waals surface area contributed by atoms with E-state index in [9.17, 15) is 0 Å². The molecule has 1 aliphatic rings. The molecular formula is C12H16N4S. The Hall–Kier alpha value is -1.36. The Bertz CT molecular complexity index is 496. The van der Waals surface area contributed by atoms with Crippen molar-refractivity contribution in [3.05, 3.63) is 18.0 Å². The number of thiophene rings is 1. The number of anilines is 1. The van der Waals surface area contributed by atoms with Gasteiger partial charge in [-0.2, -0.15) is 5.10 Å². The van der Waals surface area contributed by atoms with Gasteiger partial charge in [-0.05, 0) is 25.0 Å². The first kappa shape index (κ1) is 10.8. The van der Waals surface area contributed by atoms with E-state index in [0.29, 0.717) is 5.92 Å². The summed E-state index contributed by atoms with van der Waals surface area (Å²) in [5.41, 5.74) is 5.72. The molecule has 0 radical (unpaired) electrons. The van der Waals surface area contributed by atoms with Crippen LogP contribution in [0.5, 0.6) is 0 Å². The van der Waals surface area contributed by atoms with Gasteiger partial charge in [0.25, 0.3) is 0 Å². The van der Waals surface area contributed by atoms with Crippen LogP contribution in [-0.2, 0) is 0 Å². The van der Waals surface area contributed by atoms with Crippen molar-refractivity contribution in [2.45, 2.75) is 38.0 Å². The van der Waals surface area contributed by atoms with Gasteiger partial charge in [0.05, 0.1) is 9.88 Å². The molecule has 1 aliphatic carbocycles. The molecule has 2 aromatic heterocycles. The number of nitrogens with two attached hydrogens (primary N) is 1. The van der Waals surface area contributed by atoms with E-state index >= 15 is 0 Å². The summed E-state index contributed by atoms with van der Waals surface area (Å²) in [6, 6.07) is 3.88. The van der Waals surface area contributed by atoms with Crippen LogP contribution in [0.25, 0.3) is 10.7 Å². The molecule has 2 heterocycles. The van der Waals surface area contributed by atoms with Crippen LogP contribution in [0.4, 0.5) is 5.00 Å². The quantitative estimate of drug-likeness (QED) is 0.857. The predicted octanol–water partition coefficient (Wildman–Crippen LogP) is 3.16. The summed E-state index contributed by atoms with van der Waals surface area (Å²) in [5.74, 6) is 2.40. The summed E-state index contributed by atoms with van der Waals surface area (Å²) in [7, 11) is 0. The second kappa shape index (κ2) is 4.49. The summed E-state index contributed by atoms with van der Waals surface area (Å²) in [5, 5.41) is 8.19. The maximum Gasteiger partial charge on any atom is 0.191 e. The van der Waals surface area contributed by atoms with Crippen LogP contribution in [0, 0.1) is 0 Å². The predicted molar refractivity (Wildman–Crippen MR) is 69.9 cm³/mol. The summed E-state index contributed by atoms with van der Waals surface area (Å²) in [4.78, 5) is 5.65. The van der Waals surface area contributed by atoms with Crippen molar-refractivity contribution in [3.63, 3.8) is 0 Å². The van der Waals surface area contributed by atoms with Crippen molar-refractivity contribution in [1.29, 1.82) is 0 Å². The number of nitrogens with one attached hydrogen (secondary N) is 1. The first-order valence-corrected chi connectivity index (χ1v) is 6.92. The van der Waals surface area contributed by atoms with E-state index in [1.165, 1.54) is 43.4 Å². The minimum atomic E-state index is 0.572. The van der Waals surface area contributed by atoms with Crippen molar-refractivity contribution in [2.75, 3.05) is 5.73 Å². The molecule has 3 N–H and O–H groups in total. The molecule has 1 saturated carbocycles. The van der Waals surface area contributed by atoms with Gasteiger partial charge in [-0.1, -0.05) is 19.3 Å². The van der Waals surface area contributed by atoms with E-state index in [0.717, 1.165) is 21.5 Å². The fraction of sp³-hybridized carbons (Fsp3) is 0.500. The van der Waals surface area contributed by atoms with Gasteiger partial charge in [0.2, 0.25) is 0 Å². The topological polar surface area (TPSA) is 67.6 Å². The molecule has 0 atom stereocenters. The summed E-state index contributed by atoms with van der Waals surface area (Å²) in [6.07, 6.45) is 6.46. The second-order valence-electron chi connectivity index (χ2n) is 4.58. The highest BCUT2D eigenvalue weighted by molar-refractivity contribution is 7.19. The Balaban J connectivity index is 1.82. The highest BCUT2D eigenvalue weighted by Gasteiger charge is 2.19. The average molecular weight is 248 g/mol. The molecule has 0 spiro atoms. The van der Waals surface area contributed by atoms with Crippen molar-refractivity contribution in [2.24, 2.45) is 0 Å². The standard InChI is InChI=1S/C12H16N4S/c13-10-7-6-9(17-10)12-14-11(15-16-12)8-4-2-1-3-5-8/h6-8H,1-5,13H2,(H,14,15,16). The number of nitrogens with zero attached hydrogens (tertiary/aromatic N) is 2. The lowest BCUT2D eigenvalue weighted by Gasteiger charge is -2.18. The van der Waals surface area contributed by atoms with E-state index in [2.05, 4.69) is 15.2 Å². The third-order valence-electron chi connectivity index (χ3n) is 3.34. The maximum absolute atomic E-state index is 5.72. The van der Waals surface area contributed by atoms with Crippen molar-refractivity contribution < 1.29 is 0 Å². The number of rotatable bonds is 2. The summed E-state index contributed by atoms with van der Waals surface area (Å²) >= 11 is 1.53. The molecule has 4 nitrogen and oxygen atoms in total. The molecule has 17 heavy (non-hydrogen) atoms. The fourth-order valence-electron chi connectivity index (χ4n) is 2.42. The Morgan fingerprint density at radius 3 is 2.76 bits per heavy atom. The van der Waals surface area contributed by atoms with Gasteiger partial charge >= 0.3 is 0 Å². The third-order valence-corrected chi connectivity index (χ3v) is 4.25. The number of aromatic amines is 1. The van der Waals surface area contributed by atoms with Crippen molar-refractivity contribution in [1.82, 2.24) is 15.2 Å². The molecule has 2 aromatic rings. The molecule has 3 rings (SSSR count). The number of hydrogen-bond donors (Lipinski definition) is 2. The van der Waals surface area contributed by atoms with Gasteiger partial charge < -0.3 is 5.73 Å². The molecule has 0 amide bonds. The number of H-pyrrole nitrogens is 1. The second-order valence-corrected chi connectivity index (χ2v) is 5.70. The van der Waals surface area contributed by atoms with Gasteiger partial charge in [0.15, 0.2) is 5.82 Å². The van der Waals surface area contributed by atoms with Crippen LogP contribution >= 0.6 is 11.3 Å². The molecule has 0 bridgehead atoms. The largest absolute Gasteiger partial charge is 0.391 e.